The van der Waals surface area contributed by atoms with Crippen LogP contribution in [0, 0.1) is 6.92 Å². The summed E-state index contributed by atoms with van der Waals surface area (Å²) in [4.78, 5) is 0. The second-order valence-electron chi connectivity index (χ2n) is 4.25. The highest BCUT2D eigenvalue weighted by molar-refractivity contribution is 5.39. The molecule has 1 aromatic rings. The van der Waals surface area contributed by atoms with E-state index < -0.39 is 0 Å². The molecule has 2 unspecified atom stereocenters. The largest absolute Gasteiger partial charge is 0.496 e. The molecule has 4 heteroatoms. The van der Waals surface area contributed by atoms with Crippen molar-refractivity contribution >= 4 is 0 Å². The number of methoxy groups -OCH3 is 2. The van der Waals surface area contributed by atoms with Gasteiger partial charge in [0.15, 0.2) is 0 Å². The van der Waals surface area contributed by atoms with E-state index in [0.29, 0.717) is 0 Å². The Labute approximate surface area is 103 Å². The molecule has 0 fully saturated rings. The lowest BCUT2D eigenvalue weighted by Gasteiger charge is -2.22. The number of benzene rings is 1. The van der Waals surface area contributed by atoms with Crippen molar-refractivity contribution in [2.24, 2.45) is 5.84 Å². The maximum absolute atomic E-state index is 5.62. The third kappa shape index (κ3) is 3.70. The minimum atomic E-state index is 0.0276. The Balaban J connectivity index is 2.97. The number of hydrogen-bond acceptors (Lipinski definition) is 4. The van der Waals surface area contributed by atoms with Crippen molar-refractivity contribution in [1.82, 2.24) is 5.43 Å². The number of nitrogens with one attached hydrogen (secondary N) is 1. The van der Waals surface area contributed by atoms with E-state index in [0.717, 1.165) is 17.7 Å². The molecular formula is C13H22N2O2. The van der Waals surface area contributed by atoms with Gasteiger partial charge in [0.25, 0.3) is 0 Å². The summed E-state index contributed by atoms with van der Waals surface area (Å²) in [6, 6.07) is 6.10. The fourth-order valence-electron chi connectivity index (χ4n) is 1.84. The summed E-state index contributed by atoms with van der Waals surface area (Å²) in [5.74, 6) is 6.47. The summed E-state index contributed by atoms with van der Waals surface area (Å²) in [5, 5.41) is 0. The monoisotopic (exact) mass is 238 g/mol. The number of nitrogens with two attached hydrogens (primary N) is 1. The molecule has 0 spiro atoms. The first-order chi connectivity index (χ1) is 8.12. The van der Waals surface area contributed by atoms with Crippen LogP contribution < -0.4 is 16.0 Å². The predicted molar refractivity (Wildman–Crippen MR) is 68.9 cm³/mol. The van der Waals surface area contributed by atoms with Crippen molar-refractivity contribution in [1.29, 1.82) is 0 Å². The summed E-state index contributed by atoms with van der Waals surface area (Å²) < 4.78 is 10.6. The van der Waals surface area contributed by atoms with Crippen molar-refractivity contribution in [2.75, 3.05) is 14.2 Å². The van der Waals surface area contributed by atoms with Gasteiger partial charge in [-0.05, 0) is 26.3 Å². The molecule has 0 saturated heterocycles. The van der Waals surface area contributed by atoms with E-state index in [4.69, 9.17) is 15.3 Å². The van der Waals surface area contributed by atoms with Crippen molar-refractivity contribution in [3.05, 3.63) is 29.3 Å². The molecular weight excluding hydrogens is 216 g/mol. The highest BCUT2D eigenvalue weighted by Crippen LogP contribution is 2.29. The first-order valence-corrected chi connectivity index (χ1v) is 5.75. The minimum Gasteiger partial charge on any atom is -0.496 e. The normalized spacial score (nSPS) is 14.4. The molecule has 3 N–H and O–H groups in total. The molecule has 0 amide bonds. The summed E-state index contributed by atoms with van der Waals surface area (Å²) in [6.45, 7) is 4.07. The fourth-order valence-corrected chi connectivity index (χ4v) is 1.84. The molecule has 0 aromatic heterocycles. The van der Waals surface area contributed by atoms with Gasteiger partial charge in [0.2, 0.25) is 0 Å². The van der Waals surface area contributed by atoms with E-state index in [2.05, 4.69) is 18.4 Å². The molecule has 0 aliphatic rings. The van der Waals surface area contributed by atoms with Crippen LogP contribution in [0.1, 0.15) is 30.5 Å². The number of hydrogen-bond donors (Lipinski definition) is 2. The van der Waals surface area contributed by atoms with Crippen LogP contribution in [0.25, 0.3) is 0 Å². The Morgan fingerprint density at radius 2 is 2.06 bits per heavy atom. The summed E-state index contributed by atoms with van der Waals surface area (Å²) in [5.41, 5.74) is 5.08. The van der Waals surface area contributed by atoms with Crippen LogP contribution >= 0.6 is 0 Å². The smallest absolute Gasteiger partial charge is 0.123 e. The van der Waals surface area contributed by atoms with Crippen molar-refractivity contribution < 1.29 is 9.47 Å². The molecule has 0 heterocycles. The van der Waals surface area contributed by atoms with Crippen LogP contribution in [0.4, 0.5) is 0 Å². The van der Waals surface area contributed by atoms with Gasteiger partial charge in [-0.25, -0.2) is 0 Å². The standard InChI is InChI=1S/C13H22N2O2/c1-9-5-6-13(17-4)11(7-9)12(15-14)8-10(2)16-3/h5-7,10,12,15H,8,14H2,1-4H3. The number of ether oxygens (including phenoxy) is 2. The first-order valence-electron chi connectivity index (χ1n) is 5.75. The summed E-state index contributed by atoms with van der Waals surface area (Å²) in [6.07, 6.45) is 0.938. The van der Waals surface area contributed by atoms with E-state index in [1.54, 1.807) is 14.2 Å². The predicted octanol–water partition coefficient (Wildman–Crippen LogP) is 1.93. The maximum atomic E-state index is 5.62. The van der Waals surface area contributed by atoms with Crippen LogP contribution in [0.5, 0.6) is 5.75 Å². The van der Waals surface area contributed by atoms with Gasteiger partial charge in [-0.3, -0.25) is 11.3 Å². The Kier molecular flexibility index (Phi) is 5.41. The van der Waals surface area contributed by atoms with E-state index in [1.807, 2.05) is 19.1 Å². The van der Waals surface area contributed by atoms with Crippen LogP contribution in [0.15, 0.2) is 18.2 Å². The van der Waals surface area contributed by atoms with E-state index in [-0.39, 0.29) is 12.1 Å². The van der Waals surface area contributed by atoms with Gasteiger partial charge in [0.1, 0.15) is 5.75 Å². The molecule has 1 rings (SSSR count). The average Bonchev–Trinajstić information content (AvgIpc) is 2.35. The highest BCUT2D eigenvalue weighted by atomic mass is 16.5. The summed E-state index contributed by atoms with van der Waals surface area (Å²) >= 11 is 0. The molecule has 17 heavy (non-hydrogen) atoms. The van der Waals surface area contributed by atoms with Crippen LogP contribution in [-0.4, -0.2) is 20.3 Å². The Bertz CT molecular complexity index is 355. The zero-order valence-corrected chi connectivity index (χ0v) is 11.0. The average molecular weight is 238 g/mol. The second-order valence-corrected chi connectivity index (χ2v) is 4.25. The Morgan fingerprint density at radius 3 is 2.59 bits per heavy atom. The number of hydrazine groups is 1. The molecule has 4 nitrogen and oxygen atoms in total. The van der Waals surface area contributed by atoms with Gasteiger partial charge in [-0.2, -0.15) is 0 Å². The fraction of sp³-hybridized carbons (Fsp3) is 0.538. The molecule has 2 atom stereocenters. The van der Waals surface area contributed by atoms with Crippen molar-refractivity contribution in [2.45, 2.75) is 32.4 Å². The van der Waals surface area contributed by atoms with Crippen molar-refractivity contribution in [3.8, 4) is 5.75 Å². The molecule has 96 valence electrons. The van der Waals surface area contributed by atoms with Crippen LogP contribution in [-0.2, 0) is 4.74 Å². The lowest BCUT2D eigenvalue weighted by Crippen LogP contribution is -2.31. The summed E-state index contributed by atoms with van der Waals surface area (Å²) in [7, 11) is 3.37. The molecule has 1 aromatic carbocycles. The molecule has 0 aliphatic heterocycles. The van der Waals surface area contributed by atoms with Gasteiger partial charge >= 0.3 is 0 Å². The highest BCUT2D eigenvalue weighted by Gasteiger charge is 2.17. The zero-order chi connectivity index (χ0) is 12.8. The van der Waals surface area contributed by atoms with Gasteiger partial charge in [0.05, 0.1) is 19.3 Å². The van der Waals surface area contributed by atoms with E-state index in [9.17, 15) is 0 Å². The van der Waals surface area contributed by atoms with E-state index in [1.165, 1.54) is 5.56 Å². The van der Waals surface area contributed by atoms with Crippen LogP contribution in [0.3, 0.4) is 0 Å². The van der Waals surface area contributed by atoms with Crippen LogP contribution in [0.2, 0.25) is 0 Å². The molecule has 0 radical (unpaired) electrons. The zero-order valence-electron chi connectivity index (χ0n) is 11.0. The lowest BCUT2D eigenvalue weighted by molar-refractivity contribution is 0.100. The number of aryl methyl sites for hydroxylation is 1. The Hall–Kier alpha value is -1.10. The van der Waals surface area contributed by atoms with E-state index >= 15 is 0 Å². The minimum absolute atomic E-state index is 0.0276. The van der Waals surface area contributed by atoms with Gasteiger partial charge in [0, 0.05) is 12.7 Å². The van der Waals surface area contributed by atoms with Gasteiger partial charge in [-0.1, -0.05) is 17.7 Å². The maximum Gasteiger partial charge on any atom is 0.123 e. The number of rotatable bonds is 6. The SMILES string of the molecule is COc1ccc(C)cc1C(CC(C)OC)NN. The molecule has 0 aliphatic carbocycles. The lowest BCUT2D eigenvalue weighted by atomic mass is 9.99. The third-order valence-corrected chi connectivity index (χ3v) is 2.93. The first kappa shape index (κ1) is 14.0. The van der Waals surface area contributed by atoms with Crippen molar-refractivity contribution in [3.63, 3.8) is 0 Å². The second kappa shape index (κ2) is 6.59. The topological polar surface area (TPSA) is 56.5 Å². The Morgan fingerprint density at radius 1 is 1.35 bits per heavy atom. The van der Waals surface area contributed by atoms with Gasteiger partial charge in [-0.15, -0.1) is 0 Å². The third-order valence-electron chi connectivity index (χ3n) is 2.93. The molecule has 0 saturated carbocycles. The quantitative estimate of drug-likeness (QED) is 0.587. The molecule has 0 bridgehead atoms. The van der Waals surface area contributed by atoms with Gasteiger partial charge < -0.3 is 9.47 Å².